The van der Waals surface area contributed by atoms with Crippen LogP contribution in [0.1, 0.15) is 25.0 Å². The van der Waals surface area contributed by atoms with Gasteiger partial charge in [0.2, 0.25) is 0 Å². The highest BCUT2D eigenvalue weighted by Crippen LogP contribution is 2.17. The van der Waals surface area contributed by atoms with Crippen LogP contribution in [0.15, 0.2) is 30.3 Å². The predicted octanol–water partition coefficient (Wildman–Crippen LogP) is 3.49. The normalized spacial score (nSPS) is 10.4. The third-order valence-electron chi connectivity index (χ3n) is 1.69. The average Bonchev–Trinajstić information content (AvgIpc) is 2.71. The molecule has 0 heterocycles. The van der Waals surface area contributed by atoms with Crippen molar-refractivity contribution >= 4 is 13.9 Å². The van der Waals surface area contributed by atoms with Crippen LogP contribution in [0.25, 0.3) is 6.08 Å². The SMILES string of the molecule is C1=Cc2ccccc2C1.CC.[B]C. The van der Waals surface area contributed by atoms with Crippen molar-refractivity contribution < 1.29 is 0 Å². The van der Waals surface area contributed by atoms with E-state index in [1.165, 1.54) is 17.9 Å². The Balaban J connectivity index is 0.000000322. The van der Waals surface area contributed by atoms with Crippen molar-refractivity contribution in [3.8, 4) is 0 Å². The zero-order valence-electron chi connectivity index (χ0n) is 8.75. The molecule has 0 saturated heterocycles. The number of allylic oxidation sites excluding steroid dienone is 1. The first-order chi connectivity index (χ1) is 6.47. The van der Waals surface area contributed by atoms with Crippen LogP contribution in [0.2, 0.25) is 6.82 Å². The summed E-state index contributed by atoms with van der Waals surface area (Å²) in [7, 11) is 4.50. The van der Waals surface area contributed by atoms with Gasteiger partial charge in [-0.25, -0.2) is 0 Å². The average molecular weight is 172 g/mol. The van der Waals surface area contributed by atoms with E-state index in [1.807, 2.05) is 13.8 Å². The second-order valence-electron chi connectivity index (χ2n) is 2.31. The molecule has 0 spiro atoms. The highest BCUT2D eigenvalue weighted by molar-refractivity contribution is 6.05. The van der Waals surface area contributed by atoms with Gasteiger partial charge in [0.05, 0.1) is 7.85 Å². The van der Waals surface area contributed by atoms with Crippen molar-refractivity contribution in [1.82, 2.24) is 0 Å². The van der Waals surface area contributed by atoms with Crippen molar-refractivity contribution in [1.29, 1.82) is 0 Å². The molecule has 1 heteroatoms. The maximum absolute atomic E-state index is 4.50. The predicted molar refractivity (Wildman–Crippen MR) is 62.1 cm³/mol. The second kappa shape index (κ2) is 7.66. The molecule has 2 rings (SSSR count). The van der Waals surface area contributed by atoms with E-state index in [2.05, 4.69) is 44.3 Å². The Kier molecular flexibility index (Phi) is 7.09. The summed E-state index contributed by atoms with van der Waals surface area (Å²) in [4.78, 5) is 0. The summed E-state index contributed by atoms with van der Waals surface area (Å²) in [5, 5.41) is 0. The molecule has 0 atom stereocenters. The lowest BCUT2D eigenvalue weighted by atomic mass is 10.1. The van der Waals surface area contributed by atoms with E-state index >= 15 is 0 Å². The lowest BCUT2D eigenvalue weighted by Crippen LogP contribution is -1.76. The molecule has 68 valence electrons. The van der Waals surface area contributed by atoms with Crippen molar-refractivity contribution in [3.63, 3.8) is 0 Å². The number of benzene rings is 1. The molecule has 0 bridgehead atoms. The maximum atomic E-state index is 4.50. The minimum absolute atomic E-state index is 1.12. The van der Waals surface area contributed by atoms with Gasteiger partial charge in [-0.3, -0.25) is 0 Å². The van der Waals surface area contributed by atoms with Crippen LogP contribution in [0.3, 0.4) is 0 Å². The molecule has 0 saturated carbocycles. The Morgan fingerprint density at radius 3 is 2.31 bits per heavy atom. The van der Waals surface area contributed by atoms with Gasteiger partial charge in [-0.2, -0.15) is 0 Å². The van der Waals surface area contributed by atoms with Gasteiger partial charge in [-0.15, -0.1) is 0 Å². The molecule has 13 heavy (non-hydrogen) atoms. The summed E-state index contributed by atoms with van der Waals surface area (Å²) in [6.07, 6.45) is 5.50. The van der Waals surface area contributed by atoms with E-state index in [0.29, 0.717) is 0 Å². The van der Waals surface area contributed by atoms with E-state index in [0.717, 1.165) is 6.42 Å². The summed E-state index contributed by atoms with van der Waals surface area (Å²) >= 11 is 0. The maximum Gasteiger partial charge on any atom is 0.0606 e. The molecule has 1 aromatic rings. The van der Waals surface area contributed by atoms with Crippen molar-refractivity contribution in [2.24, 2.45) is 0 Å². The molecule has 1 aliphatic rings. The zero-order valence-corrected chi connectivity index (χ0v) is 8.75. The highest BCUT2D eigenvalue weighted by atomic mass is 14.0. The molecular formula is C12H17B. The summed E-state index contributed by atoms with van der Waals surface area (Å²) in [6, 6.07) is 8.49. The Bertz CT molecular complexity index is 251. The molecule has 0 amide bonds. The standard InChI is InChI=1S/C9H8.C2H6.CH3B/c1-2-5-9-7-3-6-8(9)4-1;2*1-2/h1-6H,7H2;1-2H3;1H3. The third-order valence-corrected chi connectivity index (χ3v) is 1.69. The van der Waals surface area contributed by atoms with Crippen LogP contribution in [-0.4, -0.2) is 7.85 Å². The van der Waals surface area contributed by atoms with Gasteiger partial charge in [0, 0.05) is 0 Å². The fourth-order valence-corrected chi connectivity index (χ4v) is 1.20. The van der Waals surface area contributed by atoms with Gasteiger partial charge < -0.3 is 0 Å². The van der Waals surface area contributed by atoms with Crippen LogP contribution >= 0.6 is 0 Å². The van der Waals surface area contributed by atoms with E-state index < -0.39 is 0 Å². The van der Waals surface area contributed by atoms with E-state index in [-0.39, 0.29) is 0 Å². The first-order valence-corrected chi connectivity index (χ1v) is 4.79. The smallest absolute Gasteiger partial charge is 0.0606 e. The van der Waals surface area contributed by atoms with Crippen LogP contribution in [0.5, 0.6) is 0 Å². The highest BCUT2D eigenvalue weighted by Gasteiger charge is 2.00. The first-order valence-electron chi connectivity index (χ1n) is 4.79. The van der Waals surface area contributed by atoms with Crippen molar-refractivity contribution in [3.05, 3.63) is 41.5 Å². The molecular weight excluding hydrogens is 155 g/mol. The fourth-order valence-electron chi connectivity index (χ4n) is 1.20. The molecule has 0 nitrogen and oxygen atoms in total. The lowest BCUT2D eigenvalue weighted by Gasteiger charge is -1.93. The van der Waals surface area contributed by atoms with E-state index in [1.54, 1.807) is 0 Å². The van der Waals surface area contributed by atoms with E-state index in [9.17, 15) is 0 Å². The van der Waals surface area contributed by atoms with Gasteiger partial charge in [0.15, 0.2) is 0 Å². The summed E-state index contributed by atoms with van der Waals surface area (Å²) in [5.41, 5.74) is 2.84. The lowest BCUT2D eigenvalue weighted by molar-refractivity contribution is 1.31. The number of hydrogen-bond donors (Lipinski definition) is 0. The Labute approximate surface area is 83.1 Å². The van der Waals surface area contributed by atoms with Crippen molar-refractivity contribution in [2.75, 3.05) is 0 Å². The van der Waals surface area contributed by atoms with Crippen LogP contribution in [-0.2, 0) is 6.42 Å². The fraction of sp³-hybridized carbons (Fsp3) is 0.333. The van der Waals surface area contributed by atoms with Gasteiger partial charge >= 0.3 is 0 Å². The number of rotatable bonds is 0. The monoisotopic (exact) mass is 172 g/mol. The van der Waals surface area contributed by atoms with Gasteiger partial charge in [-0.05, 0) is 17.5 Å². The first kappa shape index (κ1) is 12.0. The Hall–Kier alpha value is -0.975. The largest absolute Gasteiger partial charge is 0.0999 e. The number of hydrogen-bond acceptors (Lipinski definition) is 0. The topological polar surface area (TPSA) is 0 Å². The Morgan fingerprint density at radius 1 is 1.08 bits per heavy atom. The second-order valence-corrected chi connectivity index (χ2v) is 2.31. The van der Waals surface area contributed by atoms with Gasteiger partial charge in [0.1, 0.15) is 0 Å². The van der Waals surface area contributed by atoms with Gasteiger partial charge in [-0.1, -0.05) is 57.1 Å². The van der Waals surface area contributed by atoms with Gasteiger partial charge in [0.25, 0.3) is 0 Å². The summed E-state index contributed by atoms with van der Waals surface area (Å²) < 4.78 is 0. The third kappa shape index (κ3) is 3.50. The summed E-state index contributed by atoms with van der Waals surface area (Å²) in [6.45, 7) is 5.50. The molecule has 0 fully saturated rings. The molecule has 0 aromatic heterocycles. The van der Waals surface area contributed by atoms with Crippen molar-refractivity contribution in [2.45, 2.75) is 27.1 Å². The molecule has 1 aromatic carbocycles. The molecule has 0 N–H and O–H groups in total. The minimum Gasteiger partial charge on any atom is -0.0999 e. The van der Waals surface area contributed by atoms with Crippen LogP contribution < -0.4 is 0 Å². The minimum atomic E-state index is 1.12. The number of fused-ring (bicyclic) bond motifs is 1. The summed E-state index contributed by atoms with van der Waals surface area (Å²) in [5.74, 6) is 0. The Morgan fingerprint density at radius 2 is 1.69 bits per heavy atom. The molecule has 1 aliphatic carbocycles. The molecule has 0 unspecified atom stereocenters. The zero-order chi connectivity index (χ0) is 10.1. The van der Waals surface area contributed by atoms with Crippen LogP contribution in [0, 0.1) is 0 Å². The quantitative estimate of drug-likeness (QED) is 0.525. The van der Waals surface area contributed by atoms with Crippen LogP contribution in [0.4, 0.5) is 0 Å². The molecule has 0 aliphatic heterocycles. The van der Waals surface area contributed by atoms with E-state index in [4.69, 9.17) is 0 Å². The molecule has 2 radical (unpaired) electrons.